The number of aromatic nitrogens is 1. The number of amides is 1. The van der Waals surface area contributed by atoms with Gasteiger partial charge in [-0.3, -0.25) is 4.79 Å². The second-order valence-electron chi connectivity index (χ2n) is 4.00. The van der Waals surface area contributed by atoms with Crippen molar-refractivity contribution in [3.8, 4) is 11.5 Å². The highest BCUT2D eigenvalue weighted by Gasteiger charge is 2.09. The zero-order valence-electron chi connectivity index (χ0n) is 11.1. The van der Waals surface area contributed by atoms with E-state index < -0.39 is 0 Å². The number of hydrogen-bond donors (Lipinski definition) is 1. The van der Waals surface area contributed by atoms with Crippen LogP contribution in [0, 0.1) is 0 Å². The van der Waals surface area contributed by atoms with Crippen molar-refractivity contribution in [2.24, 2.45) is 0 Å². The van der Waals surface area contributed by atoms with Gasteiger partial charge in [0.2, 0.25) is 11.7 Å². The molecule has 0 bridgehead atoms. The fourth-order valence-electron chi connectivity index (χ4n) is 1.51. The molecule has 7 nitrogen and oxygen atoms in total. The Morgan fingerprint density at radius 3 is 3.10 bits per heavy atom. The van der Waals surface area contributed by atoms with E-state index in [1.54, 1.807) is 31.6 Å². The zero-order valence-corrected chi connectivity index (χ0v) is 11.1. The monoisotopic (exact) mass is 280 g/mol. The van der Waals surface area contributed by atoms with Crippen molar-refractivity contribution in [1.29, 1.82) is 0 Å². The molecular formula is C13H16N2O5. The van der Waals surface area contributed by atoms with Crippen LogP contribution in [-0.4, -0.2) is 37.9 Å². The van der Waals surface area contributed by atoms with E-state index in [0.717, 1.165) is 0 Å². The molecule has 0 aromatic carbocycles. The average molecular weight is 280 g/mol. The summed E-state index contributed by atoms with van der Waals surface area (Å²) in [5.41, 5.74) is 0.598. The fourth-order valence-corrected chi connectivity index (χ4v) is 1.51. The number of rotatable bonds is 8. The molecule has 2 aromatic rings. The maximum atomic E-state index is 11.3. The molecule has 0 atom stereocenters. The van der Waals surface area contributed by atoms with E-state index in [9.17, 15) is 4.79 Å². The summed E-state index contributed by atoms with van der Waals surface area (Å²) < 4.78 is 20.3. The molecule has 20 heavy (non-hydrogen) atoms. The first-order chi connectivity index (χ1) is 9.79. The summed E-state index contributed by atoms with van der Waals surface area (Å²) in [5, 5.41) is 6.48. The topological polar surface area (TPSA) is 86.7 Å². The third-order valence-electron chi connectivity index (χ3n) is 2.43. The highest BCUT2D eigenvalue weighted by atomic mass is 16.5. The van der Waals surface area contributed by atoms with Gasteiger partial charge in [0, 0.05) is 19.7 Å². The molecule has 0 saturated heterocycles. The molecule has 0 saturated carbocycles. The van der Waals surface area contributed by atoms with Gasteiger partial charge in [-0.05, 0) is 12.1 Å². The van der Waals surface area contributed by atoms with Crippen molar-refractivity contribution < 1.29 is 23.2 Å². The lowest BCUT2D eigenvalue weighted by Crippen LogP contribution is -2.30. The minimum atomic E-state index is -0.197. The van der Waals surface area contributed by atoms with E-state index in [2.05, 4.69) is 10.5 Å². The largest absolute Gasteiger partial charge is 0.461 e. The van der Waals surface area contributed by atoms with Crippen LogP contribution < -0.4 is 5.32 Å². The highest BCUT2D eigenvalue weighted by Crippen LogP contribution is 2.20. The molecule has 1 N–H and O–H groups in total. The maximum absolute atomic E-state index is 11.3. The van der Waals surface area contributed by atoms with Gasteiger partial charge >= 0.3 is 0 Å². The van der Waals surface area contributed by atoms with Gasteiger partial charge < -0.3 is 23.7 Å². The Labute approximate surface area is 115 Å². The molecule has 0 unspecified atom stereocenters. The van der Waals surface area contributed by atoms with E-state index in [-0.39, 0.29) is 19.1 Å². The Bertz CT molecular complexity index is 521. The second-order valence-corrected chi connectivity index (χ2v) is 4.00. The van der Waals surface area contributed by atoms with Gasteiger partial charge in [-0.1, -0.05) is 5.16 Å². The Hall–Kier alpha value is -2.12. The predicted molar refractivity (Wildman–Crippen MR) is 68.7 cm³/mol. The third kappa shape index (κ3) is 4.22. The summed E-state index contributed by atoms with van der Waals surface area (Å²) in [6.07, 6.45) is 1.55. The van der Waals surface area contributed by atoms with Crippen LogP contribution >= 0.6 is 0 Å². The molecule has 7 heteroatoms. The normalized spacial score (nSPS) is 10.7. The predicted octanol–water partition coefficient (Wildman–Crippen LogP) is 1.21. The molecule has 2 aromatic heterocycles. The molecule has 2 rings (SSSR count). The molecule has 2 heterocycles. The van der Waals surface area contributed by atoms with E-state index in [1.165, 1.54) is 0 Å². The number of nitrogens with zero attached hydrogens (tertiary/aromatic N) is 1. The summed E-state index contributed by atoms with van der Waals surface area (Å²) in [4.78, 5) is 11.3. The quantitative estimate of drug-likeness (QED) is 0.731. The first-order valence-corrected chi connectivity index (χ1v) is 6.12. The zero-order chi connectivity index (χ0) is 14.2. The van der Waals surface area contributed by atoms with E-state index in [1.807, 2.05) is 0 Å². The summed E-state index contributed by atoms with van der Waals surface area (Å²) in [7, 11) is 1.57. The van der Waals surface area contributed by atoms with Crippen LogP contribution in [0.2, 0.25) is 0 Å². The molecule has 108 valence electrons. The second kappa shape index (κ2) is 7.46. The van der Waals surface area contributed by atoms with E-state index in [4.69, 9.17) is 18.4 Å². The van der Waals surface area contributed by atoms with E-state index >= 15 is 0 Å². The first-order valence-electron chi connectivity index (χ1n) is 6.12. The van der Waals surface area contributed by atoms with Crippen molar-refractivity contribution in [3.05, 3.63) is 30.2 Å². The number of carbonyl (C=O) groups is 1. The molecule has 0 aliphatic rings. The molecule has 0 aliphatic heterocycles. The van der Waals surface area contributed by atoms with Crippen molar-refractivity contribution >= 4 is 5.91 Å². The number of methoxy groups -OCH3 is 1. The first kappa shape index (κ1) is 14.3. The number of carbonyl (C=O) groups excluding carboxylic acids is 1. The lowest BCUT2D eigenvalue weighted by molar-refractivity contribution is -0.126. The van der Waals surface area contributed by atoms with Crippen molar-refractivity contribution in [1.82, 2.24) is 10.5 Å². The summed E-state index contributed by atoms with van der Waals surface area (Å²) in [6.45, 7) is 1.10. The maximum Gasteiger partial charge on any atom is 0.246 e. The Kier molecular flexibility index (Phi) is 5.33. The van der Waals surface area contributed by atoms with Gasteiger partial charge in [-0.15, -0.1) is 0 Å². The number of nitrogens with one attached hydrogen (secondary N) is 1. The molecular weight excluding hydrogens is 264 g/mol. The number of furan rings is 1. The van der Waals surface area contributed by atoms with Crippen molar-refractivity contribution in [2.45, 2.75) is 6.61 Å². The number of ether oxygens (including phenoxy) is 2. The summed E-state index contributed by atoms with van der Waals surface area (Å²) >= 11 is 0. The standard InChI is InChI=1S/C13H16N2O5/c1-17-6-4-14-13(16)9-18-8-10-7-12(20-15-10)11-3-2-5-19-11/h2-3,5,7H,4,6,8-9H2,1H3,(H,14,16). The van der Waals surface area contributed by atoms with Gasteiger partial charge in [-0.2, -0.15) is 0 Å². The minimum absolute atomic E-state index is 0.0351. The highest BCUT2D eigenvalue weighted by molar-refractivity contribution is 5.77. The van der Waals surface area contributed by atoms with Crippen molar-refractivity contribution in [3.63, 3.8) is 0 Å². The smallest absolute Gasteiger partial charge is 0.246 e. The Morgan fingerprint density at radius 1 is 1.45 bits per heavy atom. The summed E-state index contributed by atoms with van der Waals surface area (Å²) in [6, 6.07) is 5.24. The molecule has 0 radical (unpaired) electrons. The van der Waals surface area contributed by atoms with Crippen LogP contribution in [0.5, 0.6) is 0 Å². The number of hydrogen-bond acceptors (Lipinski definition) is 6. The van der Waals surface area contributed by atoms with Crippen LogP contribution in [-0.2, 0) is 20.9 Å². The molecule has 0 spiro atoms. The van der Waals surface area contributed by atoms with Gasteiger partial charge in [0.1, 0.15) is 12.3 Å². The average Bonchev–Trinajstić information content (AvgIpc) is 3.09. The van der Waals surface area contributed by atoms with Gasteiger partial charge in [0.25, 0.3) is 0 Å². The Morgan fingerprint density at radius 2 is 2.35 bits per heavy atom. The molecule has 0 aliphatic carbocycles. The van der Waals surface area contributed by atoms with Gasteiger partial charge in [-0.25, -0.2) is 0 Å². The lowest BCUT2D eigenvalue weighted by Gasteiger charge is -2.04. The van der Waals surface area contributed by atoms with Crippen LogP contribution in [0.15, 0.2) is 33.4 Å². The SMILES string of the molecule is COCCNC(=O)COCc1cc(-c2ccco2)on1. The van der Waals surface area contributed by atoms with Crippen LogP contribution in [0.1, 0.15) is 5.69 Å². The summed E-state index contributed by atoms with van der Waals surface area (Å²) in [5.74, 6) is 0.927. The van der Waals surface area contributed by atoms with Gasteiger partial charge in [0.15, 0.2) is 5.76 Å². The van der Waals surface area contributed by atoms with Crippen LogP contribution in [0.3, 0.4) is 0 Å². The third-order valence-corrected chi connectivity index (χ3v) is 2.43. The molecule has 1 amide bonds. The fraction of sp³-hybridized carbons (Fsp3) is 0.385. The van der Waals surface area contributed by atoms with Gasteiger partial charge in [0.05, 0.1) is 19.5 Å². The van der Waals surface area contributed by atoms with Crippen LogP contribution in [0.4, 0.5) is 0 Å². The molecule has 0 fully saturated rings. The lowest BCUT2D eigenvalue weighted by atomic mass is 10.3. The van der Waals surface area contributed by atoms with Crippen molar-refractivity contribution in [2.75, 3.05) is 26.9 Å². The minimum Gasteiger partial charge on any atom is -0.461 e. The Balaban J connectivity index is 1.71. The van der Waals surface area contributed by atoms with Crippen LogP contribution in [0.25, 0.3) is 11.5 Å². The van der Waals surface area contributed by atoms with E-state index in [0.29, 0.717) is 30.4 Å².